The third-order valence-electron chi connectivity index (χ3n) is 1.58. The van der Waals surface area contributed by atoms with Crippen LogP contribution in [-0.2, 0) is 0 Å². The molecule has 0 aliphatic heterocycles. The molecule has 0 aliphatic carbocycles. The van der Waals surface area contributed by atoms with Gasteiger partial charge in [0.1, 0.15) is 0 Å². The summed E-state index contributed by atoms with van der Waals surface area (Å²) in [5.41, 5.74) is 1.26. The van der Waals surface area contributed by atoms with Crippen molar-refractivity contribution in [2.24, 2.45) is 0 Å². The van der Waals surface area contributed by atoms with Crippen LogP contribution in [0.15, 0.2) is 35.7 Å². The van der Waals surface area contributed by atoms with Gasteiger partial charge in [-0.3, -0.25) is 0 Å². The molecule has 0 aliphatic rings. The molecule has 0 unspecified atom stereocenters. The van der Waals surface area contributed by atoms with Gasteiger partial charge in [0, 0.05) is 0 Å². The summed E-state index contributed by atoms with van der Waals surface area (Å²) in [7, 11) is 0. The fraction of sp³-hybridized carbons (Fsp3) is 0.273. The summed E-state index contributed by atoms with van der Waals surface area (Å²) in [4.78, 5) is 0. The van der Waals surface area contributed by atoms with E-state index in [1.807, 2.05) is 17.8 Å². The second kappa shape index (κ2) is 7.10. The van der Waals surface area contributed by atoms with Crippen molar-refractivity contribution in [1.29, 1.82) is 0 Å². The van der Waals surface area contributed by atoms with Crippen LogP contribution in [0.2, 0.25) is 0 Å². The lowest BCUT2D eigenvalue weighted by Gasteiger charge is -1.92. The van der Waals surface area contributed by atoms with E-state index >= 15 is 0 Å². The first-order valence-electron chi connectivity index (χ1n) is 4.37. The Bertz CT molecular complexity index is 242. The number of benzene rings is 1. The van der Waals surface area contributed by atoms with Gasteiger partial charge in [-0.25, -0.2) is 0 Å². The molecule has 1 aromatic rings. The van der Waals surface area contributed by atoms with E-state index in [-0.39, 0.29) is 0 Å². The molecule has 0 bridgehead atoms. The molecule has 0 N–H and O–H groups in total. The smallest absolute Gasteiger partial charge is 0.00182 e. The highest BCUT2D eigenvalue weighted by atomic mass is 32.2. The maximum Gasteiger partial charge on any atom is -0.00182 e. The minimum Gasteiger partial charge on any atom is -0.179 e. The number of hydrogen-bond donors (Lipinski definition) is 1. The fourth-order valence-electron chi connectivity index (χ4n) is 0.907. The third kappa shape index (κ3) is 5.06. The number of rotatable bonds is 5. The van der Waals surface area contributed by atoms with Crippen molar-refractivity contribution in [3.8, 4) is 0 Å². The minimum absolute atomic E-state index is 0.978. The summed E-state index contributed by atoms with van der Waals surface area (Å²) in [6, 6.07) is 10.4. The Morgan fingerprint density at radius 2 is 2.00 bits per heavy atom. The van der Waals surface area contributed by atoms with Crippen LogP contribution >= 0.6 is 24.4 Å². The zero-order valence-corrected chi connectivity index (χ0v) is 9.23. The standard InChI is InChI=1S/C11H14S2/c12-8-4-9-13-10-7-11-5-2-1-3-6-11/h1-3,5-7,10,12H,4,8-9H2/b10-7+. The Morgan fingerprint density at radius 3 is 2.69 bits per heavy atom. The zero-order chi connectivity index (χ0) is 9.36. The molecule has 13 heavy (non-hydrogen) atoms. The maximum absolute atomic E-state index is 4.16. The first kappa shape index (κ1) is 10.7. The van der Waals surface area contributed by atoms with E-state index in [0.717, 1.165) is 11.5 Å². The van der Waals surface area contributed by atoms with Crippen LogP contribution in [0, 0.1) is 0 Å². The van der Waals surface area contributed by atoms with Crippen LogP contribution in [0.25, 0.3) is 6.08 Å². The topological polar surface area (TPSA) is 0 Å². The third-order valence-corrected chi connectivity index (χ3v) is 2.75. The molecule has 2 heteroatoms. The van der Waals surface area contributed by atoms with Crippen LogP contribution in [0.4, 0.5) is 0 Å². The average Bonchev–Trinajstić information content (AvgIpc) is 2.19. The summed E-state index contributed by atoms with van der Waals surface area (Å²) in [6.07, 6.45) is 3.32. The molecule has 0 saturated heterocycles. The van der Waals surface area contributed by atoms with Crippen LogP contribution in [0.5, 0.6) is 0 Å². The molecule has 0 amide bonds. The van der Waals surface area contributed by atoms with E-state index in [1.54, 1.807) is 0 Å². The predicted octanol–water partition coefficient (Wildman–Crippen LogP) is 3.71. The lowest BCUT2D eigenvalue weighted by molar-refractivity contribution is 1.13. The molecule has 0 fully saturated rings. The number of hydrogen-bond acceptors (Lipinski definition) is 2. The van der Waals surface area contributed by atoms with Gasteiger partial charge in [-0.05, 0) is 35.0 Å². The number of thiol groups is 1. The lowest BCUT2D eigenvalue weighted by Crippen LogP contribution is -1.76. The van der Waals surface area contributed by atoms with Crippen molar-refractivity contribution < 1.29 is 0 Å². The quantitative estimate of drug-likeness (QED) is 0.571. The highest BCUT2D eigenvalue weighted by Gasteiger charge is 1.84. The van der Waals surface area contributed by atoms with Gasteiger partial charge in [0.2, 0.25) is 0 Å². The second-order valence-corrected chi connectivity index (χ2v) is 4.12. The van der Waals surface area contributed by atoms with Gasteiger partial charge in [-0.15, -0.1) is 11.8 Å². The van der Waals surface area contributed by atoms with Crippen molar-refractivity contribution in [3.63, 3.8) is 0 Å². The van der Waals surface area contributed by atoms with E-state index in [2.05, 4.69) is 48.4 Å². The van der Waals surface area contributed by atoms with Gasteiger partial charge in [0.05, 0.1) is 0 Å². The Balaban J connectivity index is 2.25. The van der Waals surface area contributed by atoms with Crippen LogP contribution in [-0.4, -0.2) is 11.5 Å². The highest BCUT2D eigenvalue weighted by molar-refractivity contribution is 8.02. The molecule has 70 valence electrons. The first-order valence-corrected chi connectivity index (χ1v) is 6.05. The van der Waals surface area contributed by atoms with Crippen LogP contribution < -0.4 is 0 Å². The van der Waals surface area contributed by atoms with Crippen molar-refractivity contribution in [3.05, 3.63) is 41.3 Å². The lowest BCUT2D eigenvalue weighted by atomic mass is 10.2. The summed E-state index contributed by atoms with van der Waals surface area (Å²) in [5, 5.41) is 2.15. The van der Waals surface area contributed by atoms with Crippen molar-refractivity contribution >= 4 is 30.5 Å². The maximum atomic E-state index is 4.16. The van der Waals surface area contributed by atoms with Gasteiger partial charge in [0.25, 0.3) is 0 Å². The van der Waals surface area contributed by atoms with Crippen LogP contribution in [0.1, 0.15) is 12.0 Å². The van der Waals surface area contributed by atoms with E-state index < -0.39 is 0 Å². The molecule has 1 rings (SSSR count). The molecule has 0 atom stereocenters. The summed E-state index contributed by atoms with van der Waals surface area (Å²) in [6.45, 7) is 0. The summed E-state index contributed by atoms with van der Waals surface area (Å²) in [5.74, 6) is 2.14. The first-order chi connectivity index (χ1) is 6.43. The number of thioether (sulfide) groups is 1. The Morgan fingerprint density at radius 1 is 1.23 bits per heavy atom. The Kier molecular flexibility index (Phi) is 5.87. The van der Waals surface area contributed by atoms with E-state index in [4.69, 9.17) is 0 Å². The largest absolute Gasteiger partial charge is 0.179 e. The summed E-state index contributed by atoms with van der Waals surface area (Å²) >= 11 is 6.00. The zero-order valence-electron chi connectivity index (χ0n) is 7.52. The molecule has 0 saturated carbocycles. The van der Waals surface area contributed by atoms with Crippen molar-refractivity contribution in [2.45, 2.75) is 6.42 Å². The van der Waals surface area contributed by atoms with Gasteiger partial charge in [0.15, 0.2) is 0 Å². The highest BCUT2D eigenvalue weighted by Crippen LogP contribution is 2.09. The van der Waals surface area contributed by atoms with E-state index in [9.17, 15) is 0 Å². The van der Waals surface area contributed by atoms with Gasteiger partial charge in [-0.2, -0.15) is 12.6 Å². The van der Waals surface area contributed by atoms with Gasteiger partial charge >= 0.3 is 0 Å². The average molecular weight is 210 g/mol. The predicted molar refractivity (Wildman–Crippen MR) is 66.4 cm³/mol. The molecule has 0 aromatic heterocycles. The van der Waals surface area contributed by atoms with Gasteiger partial charge < -0.3 is 0 Å². The molecule has 0 spiro atoms. The normalized spacial score (nSPS) is 10.8. The molecular formula is C11H14S2. The van der Waals surface area contributed by atoms with Crippen molar-refractivity contribution in [1.82, 2.24) is 0 Å². The molecule has 0 nitrogen and oxygen atoms in total. The Hall–Kier alpha value is -0.340. The SMILES string of the molecule is SCCCS/C=C/c1ccccc1. The van der Waals surface area contributed by atoms with Crippen molar-refractivity contribution in [2.75, 3.05) is 11.5 Å². The van der Waals surface area contributed by atoms with Gasteiger partial charge in [-0.1, -0.05) is 30.3 Å². The fourth-order valence-corrected chi connectivity index (χ4v) is 1.98. The van der Waals surface area contributed by atoms with E-state index in [1.165, 1.54) is 12.0 Å². The van der Waals surface area contributed by atoms with Crippen LogP contribution in [0.3, 0.4) is 0 Å². The molecule has 1 aromatic carbocycles. The second-order valence-electron chi connectivity index (χ2n) is 2.66. The monoisotopic (exact) mass is 210 g/mol. The molecule has 0 radical (unpaired) electrons. The Labute approximate surface area is 89.8 Å². The molecular weight excluding hydrogens is 196 g/mol. The molecule has 0 heterocycles. The minimum atomic E-state index is 0.978. The summed E-state index contributed by atoms with van der Waals surface area (Å²) < 4.78 is 0. The van der Waals surface area contributed by atoms with E-state index in [0.29, 0.717) is 0 Å².